The van der Waals surface area contributed by atoms with Gasteiger partial charge in [-0.3, -0.25) is 4.79 Å². The first-order valence-corrected chi connectivity index (χ1v) is 9.42. The summed E-state index contributed by atoms with van der Waals surface area (Å²) in [4.78, 5) is 11.8. The van der Waals surface area contributed by atoms with E-state index in [1.54, 1.807) is 19.2 Å². The predicted molar refractivity (Wildman–Crippen MR) is 96.3 cm³/mol. The average molecular weight is 383 g/mol. The fraction of sp³-hybridized carbons (Fsp3) is 0.235. The molecule has 0 fully saturated rings. The molecule has 0 heterocycles. The molecular formula is C17H19ClN2O4S. The monoisotopic (exact) mass is 382 g/mol. The normalized spacial score (nSPS) is 11.1. The highest BCUT2D eigenvalue weighted by atomic mass is 35.5. The minimum atomic E-state index is -3.83. The number of hydrogen-bond donors (Lipinski definition) is 2. The third-order valence-corrected chi connectivity index (χ3v) is 5.34. The minimum Gasteiger partial charge on any atom is -0.497 e. The molecule has 0 saturated carbocycles. The Morgan fingerprint density at radius 1 is 1.12 bits per heavy atom. The van der Waals surface area contributed by atoms with Gasteiger partial charge in [-0.15, -0.1) is 0 Å². The Morgan fingerprint density at radius 3 is 2.44 bits per heavy atom. The van der Waals surface area contributed by atoms with Crippen LogP contribution in [0.1, 0.15) is 5.56 Å². The zero-order chi connectivity index (χ0) is 18.3. The maximum Gasteiger partial charge on any atom is 0.242 e. The summed E-state index contributed by atoms with van der Waals surface area (Å²) in [5, 5.41) is 2.77. The predicted octanol–water partition coefficient (Wildman–Crippen LogP) is 1.99. The molecule has 0 aliphatic rings. The van der Waals surface area contributed by atoms with Gasteiger partial charge in [0.2, 0.25) is 15.9 Å². The lowest BCUT2D eigenvalue weighted by molar-refractivity contribution is -0.119. The van der Waals surface area contributed by atoms with E-state index in [2.05, 4.69) is 10.0 Å². The van der Waals surface area contributed by atoms with Crippen LogP contribution in [0.4, 0.5) is 0 Å². The summed E-state index contributed by atoms with van der Waals surface area (Å²) in [6.07, 6.45) is 0.632. The molecule has 8 heteroatoms. The largest absolute Gasteiger partial charge is 0.497 e. The van der Waals surface area contributed by atoms with E-state index in [9.17, 15) is 13.2 Å². The zero-order valence-electron chi connectivity index (χ0n) is 13.7. The van der Waals surface area contributed by atoms with Gasteiger partial charge in [-0.1, -0.05) is 35.9 Å². The molecule has 0 aromatic heterocycles. The van der Waals surface area contributed by atoms with E-state index in [-0.39, 0.29) is 16.5 Å². The van der Waals surface area contributed by atoms with Gasteiger partial charge >= 0.3 is 0 Å². The van der Waals surface area contributed by atoms with Gasteiger partial charge in [0, 0.05) is 6.54 Å². The first-order chi connectivity index (χ1) is 11.9. The van der Waals surface area contributed by atoms with E-state index in [4.69, 9.17) is 16.3 Å². The summed E-state index contributed by atoms with van der Waals surface area (Å²) >= 11 is 5.87. The van der Waals surface area contributed by atoms with Crippen LogP contribution in [0.25, 0.3) is 0 Å². The number of halogens is 1. The van der Waals surface area contributed by atoms with E-state index in [1.807, 2.05) is 24.3 Å². The van der Waals surface area contributed by atoms with E-state index in [0.29, 0.717) is 13.0 Å². The molecular weight excluding hydrogens is 364 g/mol. The van der Waals surface area contributed by atoms with Gasteiger partial charge in [0.25, 0.3) is 0 Å². The van der Waals surface area contributed by atoms with Crippen molar-refractivity contribution < 1.29 is 17.9 Å². The fourth-order valence-electron chi connectivity index (χ4n) is 2.10. The van der Waals surface area contributed by atoms with Crippen LogP contribution < -0.4 is 14.8 Å². The maximum atomic E-state index is 12.1. The molecule has 0 bridgehead atoms. The van der Waals surface area contributed by atoms with Crippen LogP contribution in [0.15, 0.2) is 53.4 Å². The molecule has 6 nitrogen and oxygen atoms in total. The van der Waals surface area contributed by atoms with Gasteiger partial charge in [-0.2, -0.15) is 0 Å². The third-order valence-electron chi connectivity index (χ3n) is 3.44. The number of carbonyl (C=O) groups excluding carboxylic acids is 1. The highest BCUT2D eigenvalue weighted by Gasteiger charge is 2.18. The van der Waals surface area contributed by atoms with Crippen molar-refractivity contribution in [1.29, 1.82) is 0 Å². The Bertz CT molecular complexity index is 823. The first-order valence-electron chi connectivity index (χ1n) is 7.56. The lowest BCUT2D eigenvalue weighted by atomic mass is 10.1. The Labute approximate surface area is 152 Å². The molecule has 0 saturated heterocycles. The Morgan fingerprint density at radius 2 is 1.80 bits per heavy atom. The Balaban J connectivity index is 1.79. The zero-order valence-corrected chi connectivity index (χ0v) is 15.2. The number of methoxy groups -OCH3 is 1. The molecule has 0 radical (unpaired) electrons. The molecule has 2 N–H and O–H groups in total. The van der Waals surface area contributed by atoms with Crippen molar-refractivity contribution in [2.45, 2.75) is 11.3 Å². The van der Waals surface area contributed by atoms with Crippen LogP contribution >= 0.6 is 11.6 Å². The molecule has 1 amide bonds. The Hall–Kier alpha value is -2.09. The van der Waals surface area contributed by atoms with E-state index in [1.165, 1.54) is 12.1 Å². The Kier molecular flexibility index (Phi) is 6.81. The quantitative estimate of drug-likeness (QED) is 0.731. The molecule has 0 spiro atoms. The number of rotatable bonds is 8. The lowest BCUT2D eigenvalue weighted by Gasteiger charge is -2.09. The van der Waals surface area contributed by atoms with Crippen LogP contribution in [0.2, 0.25) is 5.02 Å². The van der Waals surface area contributed by atoms with Crippen molar-refractivity contribution in [3.05, 3.63) is 59.1 Å². The summed E-state index contributed by atoms with van der Waals surface area (Å²) in [5.74, 6) is 0.353. The number of hydrogen-bond acceptors (Lipinski definition) is 4. The third kappa shape index (κ3) is 5.74. The van der Waals surface area contributed by atoms with Crippen LogP contribution in [0, 0.1) is 0 Å². The van der Waals surface area contributed by atoms with Crippen LogP contribution in [0.3, 0.4) is 0 Å². The van der Waals surface area contributed by atoms with Crippen molar-refractivity contribution in [2.75, 3.05) is 20.2 Å². The number of carbonyl (C=O) groups is 1. The van der Waals surface area contributed by atoms with Gasteiger partial charge in [0.1, 0.15) is 10.6 Å². The van der Waals surface area contributed by atoms with Crippen molar-refractivity contribution in [3.8, 4) is 5.75 Å². The highest BCUT2D eigenvalue weighted by Crippen LogP contribution is 2.19. The molecule has 2 aromatic carbocycles. The fourth-order valence-corrected chi connectivity index (χ4v) is 3.60. The molecule has 0 unspecified atom stereocenters. The number of sulfonamides is 1. The van der Waals surface area contributed by atoms with E-state index in [0.717, 1.165) is 11.3 Å². The number of nitrogens with one attached hydrogen (secondary N) is 2. The molecule has 2 rings (SSSR count). The smallest absolute Gasteiger partial charge is 0.242 e. The molecule has 0 atom stereocenters. The van der Waals surface area contributed by atoms with Crippen molar-refractivity contribution in [2.24, 2.45) is 0 Å². The second kappa shape index (κ2) is 8.84. The SMILES string of the molecule is COc1ccc(CCNC(=O)CNS(=O)(=O)c2ccccc2Cl)cc1. The van der Waals surface area contributed by atoms with Gasteiger partial charge in [0.15, 0.2) is 0 Å². The van der Waals surface area contributed by atoms with Crippen LogP contribution in [-0.4, -0.2) is 34.5 Å². The summed E-state index contributed by atoms with van der Waals surface area (Å²) < 4.78 is 31.6. The van der Waals surface area contributed by atoms with Gasteiger partial charge in [-0.25, -0.2) is 13.1 Å². The molecule has 2 aromatic rings. The number of ether oxygens (including phenoxy) is 1. The highest BCUT2D eigenvalue weighted by molar-refractivity contribution is 7.89. The number of amides is 1. The second-order valence-electron chi connectivity index (χ2n) is 5.20. The van der Waals surface area contributed by atoms with Crippen LogP contribution in [0.5, 0.6) is 5.75 Å². The van der Waals surface area contributed by atoms with Crippen LogP contribution in [-0.2, 0) is 21.2 Å². The summed E-state index contributed by atoms with van der Waals surface area (Å²) in [5.41, 5.74) is 1.04. The topological polar surface area (TPSA) is 84.5 Å². The minimum absolute atomic E-state index is 0.0531. The lowest BCUT2D eigenvalue weighted by Crippen LogP contribution is -2.37. The summed E-state index contributed by atoms with van der Waals surface area (Å²) in [7, 11) is -2.23. The van der Waals surface area contributed by atoms with Crippen molar-refractivity contribution in [3.63, 3.8) is 0 Å². The van der Waals surface area contributed by atoms with E-state index >= 15 is 0 Å². The molecule has 25 heavy (non-hydrogen) atoms. The van der Waals surface area contributed by atoms with Crippen molar-refractivity contribution in [1.82, 2.24) is 10.0 Å². The molecule has 134 valence electrons. The van der Waals surface area contributed by atoms with Gasteiger partial charge < -0.3 is 10.1 Å². The van der Waals surface area contributed by atoms with E-state index < -0.39 is 15.9 Å². The standard InChI is InChI=1S/C17H19ClN2O4S/c1-24-14-8-6-13(7-9-14)10-11-19-17(21)12-20-25(22,23)16-5-3-2-4-15(16)18/h2-9,20H,10-12H2,1H3,(H,19,21). The van der Waals surface area contributed by atoms with Gasteiger partial charge in [0.05, 0.1) is 18.7 Å². The average Bonchev–Trinajstić information content (AvgIpc) is 2.61. The maximum absolute atomic E-state index is 12.1. The van der Waals surface area contributed by atoms with Gasteiger partial charge in [-0.05, 0) is 36.2 Å². The first kappa shape index (κ1) is 19.2. The van der Waals surface area contributed by atoms with Crippen molar-refractivity contribution >= 4 is 27.5 Å². The molecule has 0 aliphatic carbocycles. The second-order valence-corrected chi connectivity index (χ2v) is 7.35. The summed E-state index contributed by atoms with van der Waals surface area (Å²) in [6.45, 7) is 0.0507. The molecule has 0 aliphatic heterocycles. The number of benzene rings is 2. The summed E-state index contributed by atoms with van der Waals surface area (Å²) in [6, 6.07) is 13.6.